The monoisotopic (exact) mass is 268 g/mol. The molecule has 20 heavy (non-hydrogen) atoms. The average Bonchev–Trinajstić information content (AvgIpc) is 2.89. The van der Waals surface area contributed by atoms with Gasteiger partial charge in [0.2, 0.25) is 0 Å². The van der Waals surface area contributed by atoms with Gasteiger partial charge in [-0.3, -0.25) is 0 Å². The Morgan fingerprint density at radius 2 is 1.95 bits per heavy atom. The first-order valence-corrected chi connectivity index (χ1v) is 7.44. The van der Waals surface area contributed by atoms with Crippen molar-refractivity contribution in [1.82, 2.24) is 9.55 Å². The molecule has 106 valence electrons. The lowest BCUT2D eigenvalue weighted by Gasteiger charge is -2.08. The third-order valence-electron chi connectivity index (χ3n) is 3.75. The number of rotatable bonds is 6. The van der Waals surface area contributed by atoms with E-state index in [1.54, 1.807) is 0 Å². The molecule has 0 spiro atoms. The normalized spacial score (nSPS) is 11.3. The van der Waals surface area contributed by atoms with Gasteiger partial charge in [0.25, 0.3) is 0 Å². The zero-order valence-corrected chi connectivity index (χ0v) is 12.8. The van der Waals surface area contributed by atoms with E-state index >= 15 is 0 Å². The van der Waals surface area contributed by atoms with Gasteiger partial charge in [-0.05, 0) is 62.8 Å². The molecule has 0 saturated carbocycles. The van der Waals surface area contributed by atoms with Crippen LogP contribution >= 0.6 is 0 Å². The molecule has 0 aliphatic rings. The molecular formula is C18H24N2. The second-order valence-corrected chi connectivity index (χ2v) is 5.29. The SMILES string of the molecule is CCn1cnc(C=CCCCc2c(C)cccc2C)c1. The lowest BCUT2D eigenvalue weighted by molar-refractivity contribution is 0.761. The first-order valence-electron chi connectivity index (χ1n) is 7.44. The number of hydrogen-bond acceptors (Lipinski definition) is 1. The highest BCUT2D eigenvalue weighted by Crippen LogP contribution is 2.16. The molecule has 1 aromatic carbocycles. The number of nitrogens with zero attached hydrogens (tertiary/aromatic N) is 2. The van der Waals surface area contributed by atoms with Crippen LogP contribution in [0.5, 0.6) is 0 Å². The molecule has 2 rings (SSSR count). The van der Waals surface area contributed by atoms with Crippen LogP contribution in [0.25, 0.3) is 6.08 Å². The van der Waals surface area contributed by atoms with Gasteiger partial charge in [0.05, 0.1) is 12.0 Å². The Balaban J connectivity index is 1.81. The summed E-state index contributed by atoms with van der Waals surface area (Å²) in [6.07, 6.45) is 11.8. The van der Waals surface area contributed by atoms with Gasteiger partial charge in [-0.15, -0.1) is 0 Å². The minimum absolute atomic E-state index is 0.980. The average molecular weight is 268 g/mol. The van der Waals surface area contributed by atoms with Gasteiger partial charge in [0, 0.05) is 12.7 Å². The molecule has 0 N–H and O–H groups in total. The van der Waals surface area contributed by atoms with Crippen LogP contribution < -0.4 is 0 Å². The summed E-state index contributed by atoms with van der Waals surface area (Å²) in [6, 6.07) is 6.54. The predicted molar refractivity (Wildman–Crippen MR) is 85.8 cm³/mol. The van der Waals surface area contributed by atoms with E-state index in [4.69, 9.17) is 0 Å². The highest BCUT2D eigenvalue weighted by Gasteiger charge is 2.00. The number of benzene rings is 1. The molecule has 2 heteroatoms. The van der Waals surface area contributed by atoms with Crippen molar-refractivity contribution in [2.45, 2.75) is 46.6 Å². The summed E-state index contributed by atoms with van der Waals surface area (Å²) in [7, 11) is 0. The Bertz CT molecular complexity index is 559. The van der Waals surface area contributed by atoms with Gasteiger partial charge in [0.1, 0.15) is 0 Å². The minimum Gasteiger partial charge on any atom is -0.337 e. The maximum absolute atomic E-state index is 4.35. The fraction of sp³-hybridized carbons (Fsp3) is 0.389. The molecule has 2 aromatic rings. The van der Waals surface area contributed by atoms with Crippen molar-refractivity contribution >= 4 is 6.08 Å². The van der Waals surface area contributed by atoms with Crippen molar-refractivity contribution in [2.75, 3.05) is 0 Å². The van der Waals surface area contributed by atoms with E-state index in [0.717, 1.165) is 25.1 Å². The van der Waals surface area contributed by atoms with Gasteiger partial charge in [-0.1, -0.05) is 24.3 Å². The smallest absolute Gasteiger partial charge is 0.0953 e. The van der Waals surface area contributed by atoms with Crippen LogP contribution in [0.15, 0.2) is 36.8 Å². The van der Waals surface area contributed by atoms with Crippen molar-refractivity contribution < 1.29 is 0 Å². The second kappa shape index (κ2) is 7.09. The maximum atomic E-state index is 4.35. The van der Waals surface area contributed by atoms with Crippen LogP contribution in [0.2, 0.25) is 0 Å². The molecule has 0 aliphatic heterocycles. The molecule has 0 unspecified atom stereocenters. The third kappa shape index (κ3) is 3.83. The van der Waals surface area contributed by atoms with Crippen LogP contribution in [0.1, 0.15) is 42.1 Å². The first kappa shape index (κ1) is 14.6. The van der Waals surface area contributed by atoms with Gasteiger partial charge in [-0.2, -0.15) is 0 Å². The Morgan fingerprint density at radius 1 is 1.20 bits per heavy atom. The zero-order valence-electron chi connectivity index (χ0n) is 12.8. The Kier molecular flexibility index (Phi) is 5.16. The Hall–Kier alpha value is -1.83. The topological polar surface area (TPSA) is 17.8 Å². The van der Waals surface area contributed by atoms with E-state index in [1.165, 1.54) is 23.1 Å². The van der Waals surface area contributed by atoms with Crippen LogP contribution in [-0.2, 0) is 13.0 Å². The number of imidazole rings is 1. The van der Waals surface area contributed by atoms with E-state index in [2.05, 4.69) is 66.9 Å². The van der Waals surface area contributed by atoms with Crippen molar-refractivity contribution in [1.29, 1.82) is 0 Å². The van der Waals surface area contributed by atoms with Crippen molar-refractivity contribution in [3.05, 3.63) is 59.2 Å². The van der Waals surface area contributed by atoms with Crippen LogP contribution in [0.4, 0.5) is 0 Å². The van der Waals surface area contributed by atoms with E-state index in [1.807, 2.05) is 6.33 Å². The maximum Gasteiger partial charge on any atom is 0.0953 e. The second-order valence-electron chi connectivity index (χ2n) is 5.29. The minimum atomic E-state index is 0.980. The molecule has 0 radical (unpaired) electrons. The predicted octanol–water partition coefficient (Wildman–Crippen LogP) is 4.56. The molecular weight excluding hydrogens is 244 g/mol. The van der Waals surface area contributed by atoms with Crippen molar-refractivity contribution in [3.8, 4) is 0 Å². The number of unbranched alkanes of at least 4 members (excludes halogenated alkanes) is 1. The van der Waals surface area contributed by atoms with E-state index in [0.29, 0.717) is 0 Å². The Labute approximate surface area is 122 Å². The molecule has 0 amide bonds. The highest BCUT2D eigenvalue weighted by molar-refractivity contribution is 5.42. The van der Waals surface area contributed by atoms with Crippen LogP contribution in [0, 0.1) is 13.8 Å². The third-order valence-corrected chi connectivity index (χ3v) is 3.75. The summed E-state index contributed by atoms with van der Waals surface area (Å²) < 4.78 is 2.09. The van der Waals surface area contributed by atoms with Crippen molar-refractivity contribution in [2.24, 2.45) is 0 Å². The van der Waals surface area contributed by atoms with Gasteiger partial charge in [0.15, 0.2) is 0 Å². The lowest BCUT2D eigenvalue weighted by atomic mass is 9.98. The summed E-state index contributed by atoms with van der Waals surface area (Å²) in [6.45, 7) is 7.51. The van der Waals surface area contributed by atoms with Crippen LogP contribution in [-0.4, -0.2) is 9.55 Å². The Morgan fingerprint density at radius 3 is 2.60 bits per heavy atom. The summed E-state index contributed by atoms with van der Waals surface area (Å²) >= 11 is 0. The van der Waals surface area contributed by atoms with E-state index in [9.17, 15) is 0 Å². The molecule has 2 nitrogen and oxygen atoms in total. The molecule has 1 heterocycles. The van der Waals surface area contributed by atoms with Gasteiger partial charge < -0.3 is 4.57 Å². The molecule has 0 atom stereocenters. The number of hydrogen-bond donors (Lipinski definition) is 0. The quantitative estimate of drug-likeness (QED) is 0.702. The van der Waals surface area contributed by atoms with Gasteiger partial charge >= 0.3 is 0 Å². The summed E-state index contributed by atoms with van der Waals surface area (Å²) in [5.74, 6) is 0. The zero-order chi connectivity index (χ0) is 14.4. The largest absolute Gasteiger partial charge is 0.337 e. The van der Waals surface area contributed by atoms with E-state index < -0.39 is 0 Å². The summed E-state index contributed by atoms with van der Waals surface area (Å²) in [5.41, 5.74) is 5.39. The number of aryl methyl sites for hydroxylation is 3. The molecule has 0 fully saturated rings. The van der Waals surface area contributed by atoms with Gasteiger partial charge in [-0.25, -0.2) is 4.98 Å². The molecule has 0 aliphatic carbocycles. The first-order chi connectivity index (χ1) is 9.70. The van der Waals surface area contributed by atoms with E-state index in [-0.39, 0.29) is 0 Å². The standard InChI is InChI=1S/C18H24N2/c1-4-20-13-17(19-14-20)11-6-5-7-12-18-15(2)9-8-10-16(18)3/h6,8-11,13-14H,4-5,7,12H2,1-3H3. The summed E-state index contributed by atoms with van der Waals surface area (Å²) in [4.78, 5) is 4.35. The summed E-state index contributed by atoms with van der Waals surface area (Å²) in [5, 5.41) is 0. The molecule has 1 aromatic heterocycles. The van der Waals surface area contributed by atoms with Crippen molar-refractivity contribution in [3.63, 3.8) is 0 Å². The number of aromatic nitrogens is 2. The fourth-order valence-electron chi connectivity index (χ4n) is 2.48. The fourth-order valence-corrected chi connectivity index (χ4v) is 2.48. The lowest BCUT2D eigenvalue weighted by Crippen LogP contribution is -1.93. The molecule has 0 bridgehead atoms. The number of allylic oxidation sites excluding steroid dienone is 1. The molecule has 0 saturated heterocycles. The van der Waals surface area contributed by atoms with Crippen LogP contribution in [0.3, 0.4) is 0 Å². The highest BCUT2D eigenvalue weighted by atomic mass is 15.0.